The van der Waals surface area contributed by atoms with E-state index < -0.39 is 0 Å². The summed E-state index contributed by atoms with van der Waals surface area (Å²) in [4.78, 5) is 35.6. The molecule has 8 nitrogen and oxygen atoms in total. The third kappa shape index (κ3) is 4.31. The van der Waals surface area contributed by atoms with E-state index in [0.29, 0.717) is 11.9 Å². The maximum absolute atomic E-state index is 12.8. The van der Waals surface area contributed by atoms with Gasteiger partial charge in [0.2, 0.25) is 11.8 Å². The van der Waals surface area contributed by atoms with Crippen molar-refractivity contribution >= 4 is 11.8 Å². The van der Waals surface area contributed by atoms with Crippen LogP contribution < -0.4 is 0 Å². The van der Waals surface area contributed by atoms with Gasteiger partial charge in [-0.15, -0.1) is 0 Å². The lowest BCUT2D eigenvalue weighted by molar-refractivity contribution is -0.136. The lowest BCUT2D eigenvalue weighted by Gasteiger charge is -2.42. The van der Waals surface area contributed by atoms with Gasteiger partial charge in [-0.25, -0.2) is 9.67 Å². The van der Waals surface area contributed by atoms with Crippen molar-refractivity contribution in [2.75, 3.05) is 39.3 Å². The highest BCUT2D eigenvalue weighted by Crippen LogP contribution is 2.26. The molecule has 1 unspecified atom stereocenters. The van der Waals surface area contributed by atoms with Crippen molar-refractivity contribution in [2.45, 2.75) is 51.1 Å². The highest BCUT2D eigenvalue weighted by atomic mass is 16.2. The van der Waals surface area contributed by atoms with Crippen LogP contribution in [0.5, 0.6) is 0 Å². The van der Waals surface area contributed by atoms with Gasteiger partial charge in [-0.05, 0) is 45.1 Å². The highest BCUT2D eigenvalue weighted by molar-refractivity contribution is 5.79. The smallest absolute Gasteiger partial charge is 0.244 e. The molecule has 0 aliphatic carbocycles. The molecule has 4 rings (SSSR count). The van der Waals surface area contributed by atoms with Crippen LogP contribution >= 0.6 is 0 Å². The SMILES string of the molecule is O=C(Cn1cncn1)N1CCC(N2CCCC(C(=O)N3CCCC3)C2)CC1. The number of hydrogen-bond donors (Lipinski definition) is 0. The molecule has 27 heavy (non-hydrogen) atoms. The Labute approximate surface area is 160 Å². The fourth-order valence-electron chi connectivity index (χ4n) is 4.77. The minimum atomic E-state index is 0.111. The standard InChI is InChI=1S/C19H30N6O2/c26-18(13-25-15-20-14-21-25)22-10-5-17(6-11-22)24-9-3-4-16(12-24)19(27)23-7-1-2-8-23/h14-17H,1-13H2. The van der Waals surface area contributed by atoms with Crippen LogP contribution in [0.3, 0.4) is 0 Å². The minimum absolute atomic E-state index is 0.111. The quantitative estimate of drug-likeness (QED) is 0.772. The van der Waals surface area contributed by atoms with Gasteiger partial charge < -0.3 is 9.80 Å². The first kappa shape index (κ1) is 18.4. The van der Waals surface area contributed by atoms with Gasteiger partial charge in [-0.1, -0.05) is 0 Å². The predicted octanol–water partition coefficient (Wildman–Crippen LogP) is 0.604. The third-order valence-electron chi connectivity index (χ3n) is 6.32. The van der Waals surface area contributed by atoms with E-state index in [9.17, 15) is 9.59 Å². The van der Waals surface area contributed by atoms with Crippen LogP contribution in [-0.2, 0) is 16.1 Å². The van der Waals surface area contributed by atoms with Crippen molar-refractivity contribution < 1.29 is 9.59 Å². The number of amides is 2. The van der Waals surface area contributed by atoms with E-state index >= 15 is 0 Å². The zero-order chi connectivity index (χ0) is 18.6. The lowest BCUT2D eigenvalue weighted by atomic mass is 9.93. The number of hydrogen-bond acceptors (Lipinski definition) is 5. The number of rotatable bonds is 4. The molecular weight excluding hydrogens is 344 g/mol. The number of carbonyl (C=O) groups is 2. The number of piperidine rings is 2. The second kappa shape index (κ2) is 8.37. The van der Waals surface area contributed by atoms with Crippen LogP contribution in [0, 0.1) is 5.92 Å². The van der Waals surface area contributed by atoms with Crippen molar-refractivity contribution in [2.24, 2.45) is 5.92 Å². The molecule has 0 saturated carbocycles. The normalized spacial score (nSPS) is 25.1. The number of carbonyl (C=O) groups excluding carboxylic acids is 2. The van der Waals surface area contributed by atoms with E-state index in [0.717, 1.165) is 77.8 Å². The molecule has 1 aromatic rings. The first-order valence-electron chi connectivity index (χ1n) is 10.3. The fourth-order valence-corrected chi connectivity index (χ4v) is 4.77. The van der Waals surface area contributed by atoms with Gasteiger partial charge in [0.05, 0.1) is 5.92 Å². The Hall–Kier alpha value is -1.96. The van der Waals surface area contributed by atoms with Crippen LogP contribution in [0.2, 0.25) is 0 Å². The summed E-state index contributed by atoms with van der Waals surface area (Å²) >= 11 is 0. The maximum Gasteiger partial charge on any atom is 0.244 e. The summed E-state index contributed by atoms with van der Waals surface area (Å²) in [5.41, 5.74) is 0. The average molecular weight is 374 g/mol. The van der Waals surface area contributed by atoms with Crippen LogP contribution in [-0.4, -0.2) is 86.6 Å². The molecule has 1 aromatic heterocycles. The van der Waals surface area contributed by atoms with Gasteiger partial charge >= 0.3 is 0 Å². The Morgan fingerprint density at radius 1 is 0.926 bits per heavy atom. The van der Waals surface area contributed by atoms with Crippen LogP contribution in [0.1, 0.15) is 38.5 Å². The number of aromatic nitrogens is 3. The van der Waals surface area contributed by atoms with E-state index in [4.69, 9.17) is 0 Å². The third-order valence-corrected chi connectivity index (χ3v) is 6.32. The number of likely N-dealkylation sites (tertiary alicyclic amines) is 3. The lowest BCUT2D eigenvalue weighted by Crippen LogP contribution is -2.52. The first-order valence-corrected chi connectivity index (χ1v) is 10.3. The highest BCUT2D eigenvalue weighted by Gasteiger charge is 2.34. The van der Waals surface area contributed by atoms with Gasteiger partial charge in [0.25, 0.3) is 0 Å². The predicted molar refractivity (Wildman–Crippen MR) is 99.7 cm³/mol. The Kier molecular flexibility index (Phi) is 5.71. The Morgan fingerprint density at radius 2 is 1.70 bits per heavy atom. The molecule has 3 aliphatic rings. The molecule has 0 aromatic carbocycles. The summed E-state index contributed by atoms with van der Waals surface area (Å²) in [6.45, 7) is 5.72. The molecule has 0 N–H and O–H groups in total. The van der Waals surface area contributed by atoms with E-state index in [1.165, 1.54) is 6.33 Å². The Morgan fingerprint density at radius 3 is 2.41 bits per heavy atom. The van der Waals surface area contributed by atoms with E-state index in [1.807, 2.05) is 4.90 Å². The molecule has 3 aliphatic heterocycles. The Balaban J connectivity index is 1.26. The maximum atomic E-state index is 12.8. The van der Waals surface area contributed by atoms with Gasteiger partial charge in [-0.2, -0.15) is 5.10 Å². The molecule has 3 fully saturated rings. The minimum Gasteiger partial charge on any atom is -0.342 e. The molecule has 0 spiro atoms. The molecule has 3 saturated heterocycles. The second-order valence-electron chi connectivity index (χ2n) is 8.07. The second-order valence-corrected chi connectivity index (χ2v) is 8.07. The summed E-state index contributed by atoms with van der Waals surface area (Å²) in [5, 5.41) is 4.01. The molecule has 1 atom stereocenters. The molecule has 148 valence electrons. The summed E-state index contributed by atoms with van der Waals surface area (Å²) in [5.74, 6) is 0.654. The van der Waals surface area contributed by atoms with Crippen molar-refractivity contribution in [1.82, 2.24) is 29.5 Å². The molecule has 0 radical (unpaired) electrons. The average Bonchev–Trinajstić information content (AvgIpc) is 3.42. The van der Waals surface area contributed by atoms with Crippen molar-refractivity contribution in [1.29, 1.82) is 0 Å². The molecule has 8 heteroatoms. The van der Waals surface area contributed by atoms with Gasteiger partial charge in [-0.3, -0.25) is 14.5 Å². The monoisotopic (exact) mass is 374 g/mol. The van der Waals surface area contributed by atoms with E-state index in [1.54, 1.807) is 11.0 Å². The van der Waals surface area contributed by atoms with Crippen LogP contribution in [0.25, 0.3) is 0 Å². The molecule has 4 heterocycles. The molecule has 0 bridgehead atoms. The largest absolute Gasteiger partial charge is 0.342 e. The number of nitrogens with zero attached hydrogens (tertiary/aromatic N) is 6. The summed E-state index contributed by atoms with van der Waals surface area (Å²) in [7, 11) is 0. The molecule has 2 amide bonds. The van der Waals surface area contributed by atoms with Gasteiger partial charge in [0.1, 0.15) is 19.2 Å². The van der Waals surface area contributed by atoms with Crippen LogP contribution in [0.15, 0.2) is 12.7 Å². The van der Waals surface area contributed by atoms with E-state index in [2.05, 4.69) is 19.9 Å². The van der Waals surface area contributed by atoms with Crippen LogP contribution in [0.4, 0.5) is 0 Å². The summed E-state index contributed by atoms with van der Waals surface area (Å²) < 4.78 is 1.58. The van der Waals surface area contributed by atoms with E-state index in [-0.39, 0.29) is 18.4 Å². The topological polar surface area (TPSA) is 74.6 Å². The van der Waals surface area contributed by atoms with Gasteiger partial charge in [0.15, 0.2) is 0 Å². The summed E-state index contributed by atoms with van der Waals surface area (Å²) in [6.07, 6.45) is 9.47. The van der Waals surface area contributed by atoms with Crippen molar-refractivity contribution in [3.05, 3.63) is 12.7 Å². The van der Waals surface area contributed by atoms with Crippen molar-refractivity contribution in [3.63, 3.8) is 0 Å². The van der Waals surface area contributed by atoms with Crippen molar-refractivity contribution in [3.8, 4) is 0 Å². The molecular formula is C19H30N6O2. The fraction of sp³-hybridized carbons (Fsp3) is 0.789. The zero-order valence-corrected chi connectivity index (χ0v) is 16.0. The zero-order valence-electron chi connectivity index (χ0n) is 16.0. The van der Waals surface area contributed by atoms with Gasteiger partial charge in [0, 0.05) is 38.8 Å². The Bertz CT molecular complexity index is 635. The summed E-state index contributed by atoms with van der Waals surface area (Å²) in [6, 6.07) is 0.495. The first-order chi connectivity index (χ1) is 13.2.